The van der Waals surface area contributed by atoms with Gasteiger partial charge in [0.1, 0.15) is 11.5 Å². The Kier molecular flexibility index (Phi) is 4.63. The number of ether oxygens (including phenoxy) is 2. The van der Waals surface area contributed by atoms with E-state index in [4.69, 9.17) is 9.47 Å². The number of esters is 2. The number of nitrogens with zero attached hydrogens (tertiary/aromatic N) is 2. The highest BCUT2D eigenvalue weighted by Crippen LogP contribution is 2.28. The van der Waals surface area contributed by atoms with Crippen LogP contribution in [0.4, 0.5) is 0 Å². The first-order chi connectivity index (χ1) is 16.7. The molecule has 0 saturated carbocycles. The predicted molar refractivity (Wildman–Crippen MR) is 130 cm³/mol. The number of benzene rings is 4. The number of hydrogen-bond acceptors (Lipinski definition) is 6. The molecule has 0 fully saturated rings. The van der Waals surface area contributed by atoms with Crippen molar-refractivity contribution >= 4 is 55.3 Å². The SMILES string of the molecule is O=C(Oc1ccc2ncc3ccccc3c2c1)C(=O)Oc1ccc2ncc3ccccc3c2c1. The fraction of sp³-hybridized carbons (Fsp3) is 0. The van der Waals surface area contributed by atoms with Gasteiger partial charge in [0, 0.05) is 33.9 Å². The molecule has 0 radical (unpaired) electrons. The van der Waals surface area contributed by atoms with Crippen LogP contribution in [0.2, 0.25) is 0 Å². The largest absolute Gasteiger partial charge is 0.423 e. The summed E-state index contributed by atoms with van der Waals surface area (Å²) in [5, 5.41) is 5.54. The second kappa shape index (κ2) is 7.94. The van der Waals surface area contributed by atoms with Crippen molar-refractivity contribution in [1.82, 2.24) is 9.97 Å². The predicted octanol–water partition coefficient (Wildman–Crippen LogP) is 5.60. The Labute approximate surface area is 193 Å². The summed E-state index contributed by atoms with van der Waals surface area (Å²) in [7, 11) is 0. The molecule has 4 aromatic carbocycles. The lowest BCUT2D eigenvalue weighted by atomic mass is 10.1. The normalized spacial score (nSPS) is 11.2. The van der Waals surface area contributed by atoms with Gasteiger partial charge in [-0.2, -0.15) is 0 Å². The molecular weight excluding hydrogens is 428 g/mol. The summed E-state index contributed by atoms with van der Waals surface area (Å²) in [5.74, 6) is -1.74. The van der Waals surface area contributed by atoms with Gasteiger partial charge in [0.25, 0.3) is 0 Å². The van der Waals surface area contributed by atoms with E-state index < -0.39 is 11.9 Å². The summed E-state index contributed by atoms with van der Waals surface area (Å²) < 4.78 is 10.6. The van der Waals surface area contributed by atoms with Crippen LogP contribution in [0, 0.1) is 0 Å². The van der Waals surface area contributed by atoms with Crippen molar-refractivity contribution in [1.29, 1.82) is 0 Å². The Morgan fingerprint density at radius 1 is 0.529 bits per heavy atom. The highest BCUT2D eigenvalue weighted by Gasteiger charge is 2.20. The van der Waals surface area contributed by atoms with Crippen molar-refractivity contribution in [2.45, 2.75) is 0 Å². The zero-order valence-electron chi connectivity index (χ0n) is 17.8. The molecule has 6 aromatic rings. The first-order valence-electron chi connectivity index (χ1n) is 10.6. The van der Waals surface area contributed by atoms with Crippen LogP contribution in [-0.4, -0.2) is 21.9 Å². The smallest absolute Gasteiger partial charge is 0.418 e. The topological polar surface area (TPSA) is 78.4 Å². The number of rotatable bonds is 2. The molecule has 6 rings (SSSR count). The molecule has 0 spiro atoms. The molecule has 0 saturated heterocycles. The van der Waals surface area contributed by atoms with Gasteiger partial charge < -0.3 is 9.47 Å². The second-order valence-electron chi connectivity index (χ2n) is 7.83. The lowest BCUT2D eigenvalue weighted by Crippen LogP contribution is -2.25. The van der Waals surface area contributed by atoms with Crippen molar-refractivity contribution < 1.29 is 19.1 Å². The third-order valence-corrected chi connectivity index (χ3v) is 5.71. The number of fused-ring (bicyclic) bond motifs is 6. The quantitative estimate of drug-likeness (QED) is 0.150. The maximum atomic E-state index is 12.5. The molecule has 0 atom stereocenters. The van der Waals surface area contributed by atoms with Crippen LogP contribution in [0.15, 0.2) is 97.3 Å². The molecular formula is C28H16N2O4. The third-order valence-electron chi connectivity index (χ3n) is 5.71. The van der Waals surface area contributed by atoms with Crippen molar-refractivity contribution in [3.05, 3.63) is 97.3 Å². The van der Waals surface area contributed by atoms with E-state index in [1.807, 2.05) is 48.5 Å². The lowest BCUT2D eigenvalue weighted by Gasteiger charge is -2.08. The minimum atomic E-state index is -1.11. The fourth-order valence-corrected chi connectivity index (χ4v) is 4.10. The van der Waals surface area contributed by atoms with Crippen LogP contribution in [0.3, 0.4) is 0 Å². The molecule has 0 bridgehead atoms. The van der Waals surface area contributed by atoms with E-state index in [-0.39, 0.29) is 11.5 Å². The summed E-state index contributed by atoms with van der Waals surface area (Å²) in [6.07, 6.45) is 3.59. The molecule has 6 heteroatoms. The maximum absolute atomic E-state index is 12.5. The highest BCUT2D eigenvalue weighted by molar-refractivity contribution is 6.31. The molecule has 0 unspecified atom stereocenters. The van der Waals surface area contributed by atoms with E-state index in [1.165, 1.54) is 0 Å². The number of carbonyl (C=O) groups is 2. The van der Waals surface area contributed by atoms with E-state index in [9.17, 15) is 9.59 Å². The molecule has 0 aliphatic carbocycles. The maximum Gasteiger partial charge on any atom is 0.423 e. The van der Waals surface area contributed by atoms with Crippen LogP contribution in [0.25, 0.3) is 43.4 Å². The Morgan fingerprint density at radius 2 is 0.971 bits per heavy atom. The molecule has 0 N–H and O–H groups in total. The molecule has 2 aromatic heterocycles. The third kappa shape index (κ3) is 3.47. The molecule has 0 amide bonds. The zero-order valence-corrected chi connectivity index (χ0v) is 17.8. The number of carbonyl (C=O) groups excluding carboxylic acids is 2. The van der Waals surface area contributed by atoms with Crippen LogP contribution in [-0.2, 0) is 9.59 Å². The van der Waals surface area contributed by atoms with E-state index in [0.717, 1.165) is 43.4 Å². The lowest BCUT2D eigenvalue weighted by molar-refractivity contribution is -0.156. The highest BCUT2D eigenvalue weighted by atomic mass is 16.6. The van der Waals surface area contributed by atoms with Crippen molar-refractivity contribution in [2.24, 2.45) is 0 Å². The average Bonchev–Trinajstić information content (AvgIpc) is 2.88. The van der Waals surface area contributed by atoms with Crippen LogP contribution < -0.4 is 9.47 Å². The van der Waals surface area contributed by atoms with Gasteiger partial charge in [-0.05, 0) is 47.2 Å². The summed E-state index contributed by atoms with van der Waals surface area (Å²) in [5.41, 5.74) is 1.52. The van der Waals surface area contributed by atoms with Gasteiger partial charge in [0.2, 0.25) is 0 Å². The Morgan fingerprint density at radius 3 is 1.44 bits per heavy atom. The summed E-state index contributed by atoms with van der Waals surface area (Å²) in [6.45, 7) is 0. The molecule has 2 heterocycles. The van der Waals surface area contributed by atoms with Crippen LogP contribution >= 0.6 is 0 Å². The molecule has 0 aliphatic rings. The number of pyridine rings is 2. The molecule has 34 heavy (non-hydrogen) atoms. The summed E-state index contributed by atoms with van der Waals surface area (Å²) >= 11 is 0. The van der Waals surface area contributed by atoms with Gasteiger partial charge in [-0.3, -0.25) is 9.97 Å². The Bertz CT molecular complexity index is 1630. The van der Waals surface area contributed by atoms with Gasteiger partial charge >= 0.3 is 11.9 Å². The molecule has 6 nitrogen and oxygen atoms in total. The van der Waals surface area contributed by atoms with E-state index in [2.05, 4.69) is 9.97 Å². The van der Waals surface area contributed by atoms with E-state index in [1.54, 1.807) is 48.8 Å². The van der Waals surface area contributed by atoms with Crippen LogP contribution in [0.5, 0.6) is 11.5 Å². The average molecular weight is 444 g/mol. The Balaban J connectivity index is 1.26. The first kappa shape index (κ1) is 19.8. The fourth-order valence-electron chi connectivity index (χ4n) is 4.10. The van der Waals surface area contributed by atoms with Gasteiger partial charge in [-0.15, -0.1) is 0 Å². The zero-order chi connectivity index (χ0) is 23.1. The number of aromatic nitrogens is 2. The van der Waals surface area contributed by atoms with E-state index in [0.29, 0.717) is 0 Å². The van der Waals surface area contributed by atoms with E-state index >= 15 is 0 Å². The first-order valence-corrected chi connectivity index (χ1v) is 10.6. The van der Waals surface area contributed by atoms with Gasteiger partial charge in [0.15, 0.2) is 0 Å². The van der Waals surface area contributed by atoms with Gasteiger partial charge in [0.05, 0.1) is 11.0 Å². The number of hydrogen-bond donors (Lipinski definition) is 0. The van der Waals surface area contributed by atoms with Crippen LogP contribution in [0.1, 0.15) is 0 Å². The minimum Gasteiger partial charge on any atom is -0.418 e. The molecule has 162 valence electrons. The summed E-state index contributed by atoms with van der Waals surface area (Å²) in [4.78, 5) is 33.8. The second-order valence-corrected chi connectivity index (χ2v) is 7.83. The Hall–Kier alpha value is -4.84. The van der Waals surface area contributed by atoms with Gasteiger partial charge in [-0.1, -0.05) is 48.5 Å². The van der Waals surface area contributed by atoms with Crippen molar-refractivity contribution in [3.63, 3.8) is 0 Å². The van der Waals surface area contributed by atoms with Crippen molar-refractivity contribution in [3.8, 4) is 11.5 Å². The monoisotopic (exact) mass is 444 g/mol. The summed E-state index contributed by atoms with van der Waals surface area (Å²) in [6, 6.07) is 25.7. The van der Waals surface area contributed by atoms with Crippen molar-refractivity contribution in [2.75, 3.05) is 0 Å². The standard InChI is InChI=1S/C28H16N2O4/c31-27(33-19-9-11-25-23(13-19)21-7-3-1-5-17(21)15-29-25)28(32)34-20-10-12-26-24(14-20)22-8-4-2-6-18(22)16-30-26/h1-16H. The minimum absolute atomic E-state index is 0.237. The molecule has 0 aliphatic heterocycles. The van der Waals surface area contributed by atoms with Gasteiger partial charge in [-0.25, -0.2) is 9.59 Å².